The van der Waals surface area contributed by atoms with E-state index in [-0.39, 0.29) is 0 Å². The highest BCUT2D eigenvalue weighted by atomic mass is 16.1. The second kappa shape index (κ2) is 2.34. The van der Waals surface area contributed by atoms with Crippen molar-refractivity contribution in [2.45, 2.75) is 40.0 Å². The fourth-order valence-electron chi connectivity index (χ4n) is 3.09. The maximum Gasteiger partial charge on any atom is 0.136 e. The maximum absolute atomic E-state index is 11.4. The van der Waals surface area contributed by atoms with Crippen molar-refractivity contribution in [1.82, 2.24) is 0 Å². The number of Topliss-reactive ketones (excluding diaryl/α,β-unsaturated/α-hetero) is 1. The van der Waals surface area contributed by atoms with Crippen molar-refractivity contribution >= 4 is 5.78 Å². The van der Waals surface area contributed by atoms with Gasteiger partial charge >= 0.3 is 0 Å². The Balaban J connectivity index is 2.14. The van der Waals surface area contributed by atoms with E-state index in [9.17, 15) is 4.79 Å². The van der Waals surface area contributed by atoms with Crippen LogP contribution in [0.25, 0.3) is 0 Å². The highest BCUT2D eigenvalue weighted by molar-refractivity contribution is 5.86. The molecule has 68 valence electrons. The molecular formula is C11H18O. The third-order valence-corrected chi connectivity index (χ3v) is 4.39. The second-order valence-electron chi connectivity index (χ2n) is 4.78. The molecule has 0 N–H and O–H groups in total. The maximum atomic E-state index is 11.4. The minimum Gasteiger partial charge on any atom is -0.299 e. The molecule has 1 nitrogen and oxygen atoms in total. The van der Waals surface area contributed by atoms with Gasteiger partial charge in [-0.1, -0.05) is 27.2 Å². The van der Waals surface area contributed by atoms with Crippen LogP contribution in [0.2, 0.25) is 0 Å². The highest BCUT2D eigenvalue weighted by Crippen LogP contribution is 2.68. The van der Waals surface area contributed by atoms with Crippen LogP contribution in [0.5, 0.6) is 0 Å². The topological polar surface area (TPSA) is 17.1 Å². The first-order chi connectivity index (χ1) is 5.62. The lowest BCUT2D eigenvalue weighted by molar-refractivity contribution is -0.121. The summed E-state index contributed by atoms with van der Waals surface area (Å²) in [6, 6.07) is 0. The van der Waals surface area contributed by atoms with Crippen molar-refractivity contribution < 1.29 is 4.79 Å². The molecule has 0 amide bonds. The number of carbonyl (C=O) groups excluding carboxylic acids is 1. The van der Waals surface area contributed by atoms with Crippen molar-refractivity contribution in [3.63, 3.8) is 0 Å². The summed E-state index contributed by atoms with van der Waals surface area (Å²) in [5.41, 5.74) is 0.464. The van der Waals surface area contributed by atoms with Crippen LogP contribution < -0.4 is 0 Å². The molecule has 0 radical (unpaired) electrons. The molecule has 0 bridgehead atoms. The molecule has 0 aromatic carbocycles. The lowest BCUT2D eigenvalue weighted by atomic mass is 9.86. The molecule has 4 atom stereocenters. The number of fused-ring (bicyclic) bond motifs is 1. The molecule has 0 aromatic rings. The Morgan fingerprint density at radius 3 is 2.75 bits per heavy atom. The second-order valence-corrected chi connectivity index (χ2v) is 4.78. The molecule has 0 heterocycles. The van der Waals surface area contributed by atoms with E-state index in [0.29, 0.717) is 17.1 Å². The van der Waals surface area contributed by atoms with Crippen LogP contribution in [0.15, 0.2) is 0 Å². The van der Waals surface area contributed by atoms with Gasteiger partial charge in [-0.15, -0.1) is 0 Å². The van der Waals surface area contributed by atoms with Crippen LogP contribution in [-0.4, -0.2) is 5.78 Å². The van der Waals surface area contributed by atoms with E-state index in [1.165, 1.54) is 12.8 Å². The minimum atomic E-state index is 0.374. The van der Waals surface area contributed by atoms with E-state index >= 15 is 0 Å². The Bertz CT molecular complexity index is 221. The first-order valence-electron chi connectivity index (χ1n) is 5.14. The number of ketones is 1. The Morgan fingerprint density at radius 2 is 2.33 bits per heavy atom. The quantitative estimate of drug-likeness (QED) is 0.616. The average Bonchev–Trinajstić information content (AvgIpc) is 2.72. The Labute approximate surface area is 74.5 Å². The van der Waals surface area contributed by atoms with Crippen LogP contribution in [0.3, 0.4) is 0 Å². The van der Waals surface area contributed by atoms with E-state index in [2.05, 4.69) is 20.8 Å². The summed E-state index contributed by atoms with van der Waals surface area (Å²) in [5.74, 6) is 2.40. The molecule has 2 saturated carbocycles. The van der Waals surface area contributed by atoms with Crippen molar-refractivity contribution in [3.8, 4) is 0 Å². The smallest absolute Gasteiger partial charge is 0.136 e. The fourth-order valence-corrected chi connectivity index (χ4v) is 3.09. The van der Waals surface area contributed by atoms with Gasteiger partial charge in [-0.3, -0.25) is 4.79 Å². The molecule has 0 aromatic heterocycles. The van der Waals surface area contributed by atoms with Crippen LogP contribution in [-0.2, 0) is 4.79 Å². The molecule has 1 unspecified atom stereocenters. The summed E-state index contributed by atoms with van der Waals surface area (Å²) in [4.78, 5) is 11.4. The lowest BCUT2D eigenvalue weighted by Gasteiger charge is -2.18. The van der Waals surface area contributed by atoms with Crippen molar-refractivity contribution in [2.24, 2.45) is 23.2 Å². The Kier molecular flexibility index (Phi) is 1.61. The van der Waals surface area contributed by atoms with Gasteiger partial charge in [0.25, 0.3) is 0 Å². The third kappa shape index (κ3) is 0.826. The van der Waals surface area contributed by atoms with Gasteiger partial charge in [-0.2, -0.15) is 0 Å². The lowest BCUT2D eigenvalue weighted by Crippen LogP contribution is -2.12. The molecular weight excluding hydrogens is 148 g/mol. The van der Waals surface area contributed by atoms with Gasteiger partial charge in [-0.25, -0.2) is 0 Å². The summed E-state index contributed by atoms with van der Waals surface area (Å²) >= 11 is 0. The van der Waals surface area contributed by atoms with E-state index in [4.69, 9.17) is 0 Å². The zero-order valence-electron chi connectivity index (χ0n) is 8.26. The zero-order valence-corrected chi connectivity index (χ0v) is 8.26. The third-order valence-electron chi connectivity index (χ3n) is 4.39. The molecule has 12 heavy (non-hydrogen) atoms. The van der Waals surface area contributed by atoms with Crippen molar-refractivity contribution in [2.75, 3.05) is 0 Å². The van der Waals surface area contributed by atoms with Gasteiger partial charge in [0.1, 0.15) is 5.78 Å². The first-order valence-corrected chi connectivity index (χ1v) is 5.14. The van der Waals surface area contributed by atoms with Crippen molar-refractivity contribution in [1.29, 1.82) is 0 Å². The van der Waals surface area contributed by atoms with E-state index in [1.807, 2.05) is 0 Å². The summed E-state index contributed by atoms with van der Waals surface area (Å²) in [6.45, 7) is 6.66. The van der Waals surface area contributed by atoms with Crippen LogP contribution in [0, 0.1) is 23.2 Å². The molecule has 1 heteroatoms. The zero-order chi connectivity index (χ0) is 8.93. The predicted molar refractivity (Wildman–Crippen MR) is 48.8 cm³/mol. The van der Waals surface area contributed by atoms with Gasteiger partial charge in [0, 0.05) is 12.3 Å². The van der Waals surface area contributed by atoms with Crippen molar-refractivity contribution in [3.05, 3.63) is 0 Å². The van der Waals surface area contributed by atoms with Gasteiger partial charge in [0.05, 0.1) is 0 Å². The van der Waals surface area contributed by atoms with E-state index < -0.39 is 0 Å². The summed E-state index contributed by atoms with van der Waals surface area (Å²) in [6.07, 6.45) is 3.44. The normalized spacial score (nSPS) is 47.4. The molecule has 0 spiro atoms. The van der Waals surface area contributed by atoms with Gasteiger partial charge in [0.2, 0.25) is 0 Å². The number of hydrogen-bond acceptors (Lipinski definition) is 1. The standard InChI is InChI=1S/C11H18O/c1-4-7(2)11-5-9(11)8(3)10(12)6-11/h7-9H,4-6H2,1-3H3/t7?,8-,9-,11+/m1/s1. The molecule has 2 rings (SSSR count). The SMILES string of the molecule is CCC(C)[C@]12CC(=O)[C@H](C)[C@H]1C2. The number of carbonyl (C=O) groups is 1. The minimum absolute atomic E-state index is 0.374. The van der Waals surface area contributed by atoms with Crippen LogP contribution in [0.1, 0.15) is 40.0 Å². The highest BCUT2D eigenvalue weighted by Gasteiger charge is 2.65. The van der Waals surface area contributed by atoms with Crippen LogP contribution in [0.4, 0.5) is 0 Å². The van der Waals surface area contributed by atoms with Gasteiger partial charge in [0.15, 0.2) is 0 Å². The Morgan fingerprint density at radius 1 is 1.67 bits per heavy atom. The largest absolute Gasteiger partial charge is 0.299 e. The molecule has 0 aliphatic heterocycles. The van der Waals surface area contributed by atoms with Crippen LogP contribution >= 0.6 is 0 Å². The number of rotatable bonds is 2. The summed E-state index contributed by atoms with van der Waals surface area (Å²) in [5, 5.41) is 0. The summed E-state index contributed by atoms with van der Waals surface area (Å²) < 4.78 is 0. The Hall–Kier alpha value is -0.330. The fraction of sp³-hybridized carbons (Fsp3) is 0.909. The molecule has 2 fully saturated rings. The molecule has 2 aliphatic carbocycles. The van der Waals surface area contributed by atoms with E-state index in [0.717, 1.165) is 18.3 Å². The van der Waals surface area contributed by atoms with E-state index in [1.54, 1.807) is 0 Å². The average molecular weight is 166 g/mol. The first kappa shape index (κ1) is 8.28. The number of hydrogen-bond donors (Lipinski definition) is 0. The monoisotopic (exact) mass is 166 g/mol. The van der Waals surface area contributed by atoms with Gasteiger partial charge < -0.3 is 0 Å². The molecule has 2 aliphatic rings. The summed E-state index contributed by atoms with van der Waals surface area (Å²) in [7, 11) is 0. The van der Waals surface area contributed by atoms with Gasteiger partial charge in [-0.05, 0) is 23.7 Å². The molecule has 0 saturated heterocycles. The predicted octanol–water partition coefficient (Wildman–Crippen LogP) is 2.65.